The minimum Gasteiger partial charge on any atom is -0.350 e. The SMILES string of the molecule is CC(C)(C)NC(=O)CNC(=O)c1ccc(Br)cc1Br. The van der Waals surface area contributed by atoms with Crippen LogP contribution in [0.5, 0.6) is 0 Å². The van der Waals surface area contributed by atoms with Crippen LogP contribution < -0.4 is 10.6 Å². The molecule has 19 heavy (non-hydrogen) atoms. The molecule has 0 bridgehead atoms. The van der Waals surface area contributed by atoms with Crippen molar-refractivity contribution in [3.63, 3.8) is 0 Å². The molecule has 0 atom stereocenters. The van der Waals surface area contributed by atoms with E-state index >= 15 is 0 Å². The van der Waals surface area contributed by atoms with Gasteiger partial charge in [-0.15, -0.1) is 0 Å². The number of nitrogens with one attached hydrogen (secondary N) is 2. The first-order chi connectivity index (χ1) is 8.69. The van der Waals surface area contributed by atoms with Gasteiger partial charge in [-0.25, -0.2) is 0 Å². The van der Waals surface area contributed by atoms with Gasteiger partial charge in [0.25, 0.3) is 5.91 Å². The largest absolute Gasteiger partial charge is 0.350 e. The van der Waals surface area contributed by atoms with Gasteiger partial charge in [-0.2, -0.15) is 0 Å². The first-order valence-electron chi connectivity index (χ1n) is 5.73. The molecule has 2 N–H and O–H groups in total. The van der Waals surface area contributed by atoms with Crippen LogP contribution in [-0.2, 0) is 4.79 Å². The Morgan fingerprint density at radius 1 is 1.21 bits per heavy atom. The van der Waals surface area contributed by atoms with Crippen LogP contribution in [0.3, 0.4) is 0 Å². The van der Waals surface area contributed by atoms with Crippen molar-refractivity contribution in [1.82, 2.24) is 10.6 Å². The lowest BCUT2D eigenvalue weighted by Gasteiger charge is -2.20. The third-order valence-corrected chi connectivity index (χ3v) is 3.25. The average Bonchev–Trinajstić information content (AvgIpc) is 2.23. The minimum absolute atomic E-state index is 0.0430. The van der Waals surface area contributed by atoms with Crippen molar-refractivity contribution in [2.45, 2.75) is 26.3 Å². The Kier molecular flexibility index (Phi) is 5.55. The van der Waals surface area contributed by atoms with Gasteiger partial charge in [0, 0.05) is 14.5 Å². The highest BCUT2D eigenvalue weighted by atomic mass is 79.9. The maximum Gasteiger partial charge on any atom is 0.252 e. The molecule has 0 unspecified atom stereocenters. The van der Waals surface area contributed by atoms with E-state index in [-0.39, 0.29) is 23.9 Å². The second-order valence-electron chi connectivity index (χ2n) is 5.11. The fraction of sp³-hybridized carbons (Fsp3) is 0.385. The van der Waals surface area contributed by atoms with E-state index in [0.29, 0.717) is 10.0 Å². The van der Waals surface area contributed by atoms with E-state index in [1.807, 2.05) is 20.8 Å². The highest BCUT2D eigenvalue weighted by molar-refractivity contribution is 9.11. The monoisotopic (exact) mass is 390 g/mol. The van der Waals surface area contributed by atoms with E-state index < -0.39 is 0 Å². The number of benzene rings is 1. The Labute approximate surface area is 129 Å². The summed E-state index contributed by atoms with van der Waals surface area (Å²) in [5, 5.41) is 5.36. The molecule has 4 nitrogen and oxygen atoms in total. The van der Waals surface area contributed by atoms with Gasteiger partial charge in [-0.05, 0) is 54.9 Å². The van der Waals surface area contributed by atoms with Gasteiger partial charge >= 0.3 is 0 Å². The van der Waals surface area contributed by atoms with Gasteiger partial charge in [0.05, 0.1) is 12.1 Å². The van der Waals surface area contributed by atoms with Gasteiger partial charge in [0.1, 0.15) is 0 Å². The lowest BCUT2D eigenvalue weighted by molar-refractivity contribution is -0.121. The summed E-state index contributed by atoms with van der Waals surface area (Å²) in [6, 6.07) is 5.24. The number of halogens is 2. The number of carbonyl (C=O) groups excluding carboxylic acids is 2. The molecule has 104 valence electrons. The highest BCUT2D eigenvalue weighted by Gasteiger charge is 2.15. The number of hydrogen-bond acceptors (Lipinski definition) is 2. The summed E-state index contributed by atoms with van der Waals surface area (Å²) in [7, 11) is 0. The van der Waals surface area contributed by atoms with Crippen LogP contribution in [0.4, 0.5) is 0 Å². The summed E-state index contributed by atoms with van der Waals surface area (Å²) in [6.07, 6.45) is 0. The molecular weight excluding hydrogens is 376 g/mol. The van der Waals surface area contributed by atoms with Crippen molar-refractivity contribution in [3.8, 4) is 0 Å². The summed E-state index contributed by atoms with van der Waals surface area (Å²) in [4.78, 5) is 23.5. The number of hydrogen-bond donors (Lipinski definition) is 2. The summed E-state index contributed by atoms with van der Waals surface area (Å²) < 4.78 is 1.55. The quantitative estimate of drug-likeness (QED) is 0.832. The van der Waals surface area contributed by atoms with E-state index in [2.05, 4.69) is 42.5 Å². The van der Waals surface area contributed by atoms with Crippen molar-refractivity contribution in [2.24, 2.45) is 0 Å². The van der Waals surface area contributed by atoms with Gasteiger partial charge in [0.2, 0.25) is 5.91 Å². The maximum absolute atomic E-state index is 11.9. The van der Waals surface area contributed by atoms with Crippen LogP contribution in [0, 0.1) is 0 Å². The molecule has 1 aromatic carbocycles. The number of carbonyl (C=O) groups is 2. The van der Waals surface area contributed by atoms with Gasteiger partial charge in [-0.3, -0.25) is 9.59 Å². The molecule has 0 spiro atoms. The van der Waals surface area contributed by atoms with Crippen LogP contribution >= 0.6 is 31.9 Å². The fourth-order valence-corrected chi connectivity index (χ4v) is 2.62. The predicted molar refractivity (Wildman–Crippen MR) is 82.1 cm³/mol. The normalized spacial score (nSPS) is 11.0. The Balaban J connectivity index is 2.59. The van der Waals surface area contributed by atoms with Crippen molar-refractivity contribution in [3.05, 3.63) is 32.7 Å². The summed E-state index contributed by atoms with van der Waals surface area (Å²) in [6.45, 7) is 5.62. The third-order valence-electron chi connectivity index (χ3n) is 2.10. The zero-order chi connectivity index (χ0) is 14.6. The third kappa shape index (κ3) is 5.74. The minimum atomic E-state index is -0.306. The van der Waals surface area contributed by atoms with E-state index in [9.17, 15) is 9.59 Å². The molecule has 0 saturated heterocycles. The van der Waals surface area contributed by atoms with Crippen LogP contribution in [0.2, 0.25) is 0 Å². The molecule has 0 saturated carbocycles. The van der Waals surface area contributed by atoms with E-state index in [0.717, 1.165) is 4.47 Å². The molecule has 2 amide bonds. The summed E-state index contributed by atoms with van der Waals surface area (Å²) >= 11 is 6.63. The van der Waals surface area contributed by atoms with Gasteiger partial charge < -0.3 is 10.6 Å². The highest BCUT2D eigenvalue weighted by Crippen LogP contribution is 2.21. The maximum atomic E-state index is 11.9. The molecule has 6 heteroatoms. The molecule has 0 aromatic heterocycles. The molecule has 1 aromatic rings. The Morgan fingerprint density at radius 2 is 1.84 bits per heavy atom. The Hall–Kier alpha value is -0.880. The molecule has 0 fully saturated rings. The van der Waals surface area contributed by atoms with E-state index in [4.69, 9.17) is 0 Å². The first kappa shape index (κ1) is 16.2. The van der Waals surface area contributed by atoms with E-state index in [1.165, 1.54) is 0 Å². The molecule has 0 aliphatic carbocycles. The lowest BCUT2D eigenvalue weighted by atomic mass is 10.1. The van der Waals surface area contributed by atoms with Crippen LogP contribution in [-0.4, -0.2) is 23.9 Å². The number of amides is 2. The fourth-order valence-electron chi connectivity index (χ4n) is 1.39. The van der Waals surface area contributed by atoms with E-state index in [1.54, 1.807) is 18.2 Å². The molecule has 1 rings (SSSR count). The Bertz CT molecular complexity index is 496. The smallest absolute Gasteiger partial charge is 0.252 e. The average molecular weight is 392 g/mol. The van der Waals surface area contributed by atoms with Crippen LogP contribution in [0.25, 0.3) is 0 Å². The van der Waals surface area contributed by atoms with Crippen molar-refractivity contribution >= 4 is 43.7 Å². The lowest BCUT2D eigenvalue weighted by Crippen LogP contribution is -2.45. The second-order valence-corrected chi connectivity index (χ2v) is 6.88. The van der Waals surface area contributed by atoms with Crippen molar-refractivity contribution < 1.29 is 9.59 Å². The van der Waals surface area contributed by atoms with Crippen molar-refractivity contribution in [2.75, 3.05) is 6.54 Å². The summed E-state index contributed by atoms with van der Waals surface area (Å²) in [5.74, 6) is -0.502. The van der Waals surface area contributed by atoms with Gasteiger partial charge in [-0.1, -0.05) is 15.9 Å². The topological polar surface area (TPSA) is 58.2 Å². The second kappa shape index (κ2) is 6.52. The molecular formula is C13H16Br2N2O2. The molecule has 0 heterocycles. The summed E-state index contributed by atoms with van der Waals surface area (Å²) in [5.41, 5.74) is 0.187. The zero-order valence-electron chi connectivity index (χ0n) is 11.0. The van der Waals surface area contributed by atoms with Gasteiger partial charge in [0.15, 0.2) is 0 Å². The van der Waals surface area contributed by atoms with Crippen molar-refractivity contribution in [1.29, 1.82) is 0 Å². The molecule has 0 aliphatic heterocycles. The van der Waals surface area contributed by atoms with Crippen LogP contribution in [0.15, 0.2) is 27.1 Å². The first-order valence-corrected chi connectivity index (χ1v) is 7.32. The predicted octanol–water partition coefficient (Wildman–Crippen LogP) is 2.86. The molecule has 0 radical (unpaired) electrons. The van der Waals surface area contributed by atoms with Crippen LogP contribution in [0.1, 0.15) is 31.1 Å². The zero-order valence-corrected chi connectivity index (χ0v) is 14.2. The Morgan fingerprint density at radius 3 is 2.37 bits per heavy atom. The standard InChI is InChI=1S/C13H16Br2N2O2/c1-13(2,3)17-11(18)7-16-12(19)9-5-4-8(14)6-10(9)15/h4-6H,7H2,1-3H3,(H,16,19)(H,17,18). The number of rotatable bonds is 3. The molecule has 0 aliphatic rings.